The van der Waals surface area contributed by atoms with Gasteiger partial charge in [-0.2, -0.15) is 0 Å². The van der Waals surface area contributed by atoms with Crippen molar-refractivity contribution in [1.82, 2.24) is 5.32 Å². The third-order valence-electron chi connectivity index (χ3n) is 4.09. The summed E-state index contributed by atoms with van der Waals surface area (Å²) in [4.78, 5) is 37.7. The Balaban J connectivity index is 2.57. The van der Waals surface area contributed by atoms with E-state index in [1.807, 2.05) is 0 Å². The van der Waals surface area contributed by atoms with Crippen LogP contribution in [0.25, 0.3) is 0 Å². The molecule has 1 saturated heterocycles. The molecule has 1 aromatic rings. The Labute approximate surface area is 122 Å². The van der Waals surface area contributed by atoms with Gasteiger partial charge in [-0.15, -0.1) is 0 Å². The predicted octanol–water partition coefficient (Wildman–Crippen LogP) is 2.52. The third-order valence-corrected chi connectivity index (χ3v) is 4.09. The standard InChI is InChI=1S/C15H17FN2O3/c1-4-15(5-2)12(19)17-14(21)18(13(15)20)11-8-10(16)7-6-9(11)3/h6-8H,4-5H2,1-3H3,(H,17,19,21). The fraction of sp³-hybridized carbons (Fsp3) is 0.400. The highest BCUT2D eigenvalue weighted by Gasteiger charge is 2.52. The summed E-state index contributed by atoms with van der Waals surface area (Å²) in [5.41, 5.74) is -0.543. The van der Waals surface area contributed by atoms with Gasteiger partial charge in [0.2, 0.25) is 5.91 Å². The molecule has 4 amide bonds. The van der Waals surface area contributed by atoms with Crippen molar-refractivity contribution in [3.05, 3.63) is 29.6 Å². The summed E-state index contributed by atoms with van der Waals surface area (Å²) in [5, 5.41) is 2.20. The van der Waals surface area contributed by atoms with E-state index in [9.17, 15) is 18.8 Å². The molecule has 0 bridgehead atoms. The number of nitrogens with zero attached hydrogens (tertiary/aromatic N) is 1. The highest BCUT2D eigenvalue weighted by Crippen LogP contribution is 2.35. The number of hydrogen-bond acceptors (Lipinski definition) is 3. The van der Waals surface area contributed by atoms with Crippen LogP contribution in [0.15, 0.2) is 18.2 Å². The summed E-state index contributed by atoms with van der Waals surface area (Å²) in [6, 6.07) is 3.03. The smallest absolute Gasteiger partial charge is 0.276 e. The Morgan fingerprint density at radius 3 is 2.38 bits per heavy atom. The van der Waals surface area contributed by atoms with Gasteiger partial charge in [0.15, 0.2) is 0 Å². The van der Waals surface area contributed by atoms with Crippen LogP contribution >= 0.6 is 0 Å². The maximum atomic E-state index is 13.5. The van der Waals surface area contributed by atoms with Crippen LogP contribution in [0, 0.1) is 18.2 Å². The Morgan fingerprint density at radius 1 is 1.19 bits per heavy atom. The number of rotatable bonds is 3. The average molecular weight is 292 g/mol. The first-order valence-corrected chi connectivity index (χ1v) is 6.83. The summed E-state index contributed by atoms with van der Waals surface area (Å²) < 4.78 is 13.5. The quantitative estimate of drug-likeness (QED) is 0.870. The van der Waals surface area contributed by atoms with Gasteiger partial charge in [-0.05, 0) is 37.5 Å². The van der Waals surface area contributed by atoms with E-state index in [0.717, 1.165) is 11.0 Å². The first-order chi connectivity index (χ1) is 9.87. The maximum absolute atomic E-state index is 13.5. The molecular weight excluding hydrogens is 275 g/mol. The number of barbiturate groups is 1. The molecule has 0 aliphatic carbocycles. The summed E-state index contributed by atoms with van der Waals surface area (Å²) in [6.45, 7) is 5.10. The number of hydrogen-bond donors (Lipinski definition) is 1. The molecule has 0 spiro atoms. The second kappa shape index (κ2) is 5.27. The van der Waals surface area contributed by atoms with Gasteiger partial charge in [0.25, 0.3) is 5.91 Å². The van der Waals surface area contributed by atoms with E-state index in [0.29, 0.717) is 5.56 Å². The number of halogens is 1. The van der Waals surface area contributed by atoms with E-state index in [4.69, 9.17) is 0 Å². The van der Waals surface area contributed by atoms with Crippen LogP contribution in [0.4, 0.5) is 14.9 Å². The molecule has 112 valence electrons. The van der Waals surface area contributed by atoms with E-state index < -0.39 is 29.1 Å². The lowest BCUT2D eigenvalue weighted by molar-refractivity contribution is -0.143. The number of anilines is 1. The van der Waals surface area contributed by atoms with Gasteiger partial charge in [-0.1, -0.05) is 19.9 Å². The predicted molar refractivity (Wildman–Crippen MR) is 75.2 cm³/mol. The molecular formula is C15H17FN2O3. The molecule has 0 atom stereocenters. The van der Waals surface area contributed by atoms with Crippen LogP contribution in [0.1, 0.15) is 32.3 Å². The lowest BCUT2D eigenvalue weighted by atomic mass is 9.78. The Morgan fingerprint density at radius 2 is 1.81 bits per heavy atom. The highest BCUT2D eigenvalue weighted by atomic mass is 19.1. The Hall–Kier alpha value is -2.24. The third kappa shape index (κ3) is 2.20. The summed E-state index contributed by atoms with van der Waals surface area (Å²) >= 11 is 0. The maximum Gasteiger partial charge on any atom is 0.335 e. The molecule has 1 aliphatic heterocycles. The van der Waals surface area contributed by atoms with Gasteiger partial charge in [0, 0.05) is 0 Å². The highest BCUT2D eigenvalue weighted by molar-refractivity contribution is 6.30. The van der Waals surface area contributed by atoms with Crippen LogP contribution in [0.2, 0.25) is 0 Å². The molecule has 0 saturated carbocycles. The number of benzene rings is 1. The molecule has 1 heterocycles. The van der Waals surface area contributed by atoms with Crippen molar-refractivity contribution in [3.8, 4) is 0 Å². The molecule has 0 unspecified atom stereocenters. The van der Waals surface area contributed by atoms with Crippen LogP contribution < -0.4 is 10.2 Å². The number of carbonyl (C=O) groups excluding carboxylic acids is 3. The van der Waals surface area contributed by atoms with E-state index in [1.54, 1.807) is 20.8 Å². The summed E-state index contributed by atoms with van der Waals surface area (Å²) in [6.07, 6.45) is 0.540. The molecule has 5 nitrogen and oxygen atoms in total. The molecule has 1 fully saturated rings. The molecule has 21 heavy (non-hydrogen) atoms. The molecule has 0 aromatic heterocycles. The van der Waals surface area contributed by atoms with E-state index in [2.05, 4.69) is 5.32 Å². The molecule has 0 radical (unpaired) electrons. The number of imide groups is 2. The number of urea groups is 1. The van der Waals surface area contributed by atoms with Crippen LogP contribution in [-0.2, 0) is 9.59 Å². The van der Waals surface area contributed by atoms with E-state index in [1.165, 1.54) is 12.1 Å². The van der Waals surface area contributed by atoms with Gasteiger partial charge in [-0.25, -0.2) is 14.1 Å². The minimum Gasteiger partial charge on any atom is -0.276 e. The zero-order valence-corrected chi connectivity index (χ0v) is 12.2. The molecule has 1 aromatic carbocycles. The number of amides is 4. The minimum atomic E-state index is -1.29. The monoisotopic (exact) mass is 292 g/mol. The van der Waals surface area contributed by atoms with Crippen molar-refractivity contribution in [1.29, 1.82) is 0 Å². The molecule has 1 N–H and O–H groups in total. The lowest BCUT2D eigenvalue weighted by Gasteiger charge is -2.38. The topological polar surface area (TPSA) is 66.5 Å². The van der Waals surface area contributed by atoms with Crippen LogP contribution in [0.5, 0.6) is 0 Å². The zero-order chi connectivity index (χ0) is 15.8. The molecule has 2 rings (SSSR count). The van der Waals surface area contributed by atoms with E-state index in [-0.39, 0.29) is 18.5 Å². The summed E-state index contributed by atoms with van der Waals surface area (Å²) in [5.74, 6) is -1.74. The normalized spacial score (nSPS) is 17.9. The molecule has 1 aliphatic rings. The minimum absolute atomic E-state index is 0.163. The van der Waals surface area contributed by atoms with Crippen molar-refractivity contribution in [3.63, 3.8) is 0 Å². The zero-order valence-electron chi connectivity index (χ0n) is 12.2. The Bertz CT molecular complexity index is 623. The van der Waals surface area contributed by atoms with Crippen molar-refractivity contribution < 1.29 is 18.8 Å². The first-order valence-electron chi connectivity index (χ1n) is 6.83. The average Bonchev–Trinajstić information content (AvgIpc) is 2.44. The van der Waals surface area contributed by atoms with Gasteiger partial charge in [0.1, 0.15) is 11.2 Å². The largest absolute Gasteiger partial charge is 0.335 e. The van der Waals surface area contributed by atoms with Gasteiger partial charge in [-0.3, -0.25) is 14.9 Å². The fourth-order valence-electron chi connectivity index (χ4n) is 2.59. The first kappa shape index (κ1) is 15.2. The number of nitrogens with one attached hydrogen (secondary N) is 1. The second-order valence-corrected chi connectivity index (χ2v) is 5.12. The fourth-order valence-corrected chi connectivity index (χ4v) is 2.59. The van der Waals surface area contributed by atoms with Crippen LogP contribution in [0.3, 0.4) is 0 Å². The molecule has 6 heteroatoms. The number of carbonyl (C=O) groups is 3. The lowest BCUT2D eigenvalue weighted by Crippen LogP contribution is -2.64. The number of aryl methyl sites for hydroxylation is 1. The Kier molecular flexibility index (Phi) is 3.80. The van der Waals surface area contributed by atoms with Gasteiger partial charge >= 0.3 is 6.03 Å². The van der Waals surface area contributed by atoms with Crippen molar-refractivity contribution in [2.24, 2.45) is 5.41 Å². The van der Waals surface area contributed by atoms with Crippen LogP contribution in [-0.4, -0.2) is 17.8 Å². The SMILES string of the molecule is CCC1(CC)C(=O)NC(=O)N(c2cc(F)ccc2C)C1=O. The van der Waals surface area contributed by atoms with E-state index >= 15 is 0 Å². The van der Waals surface area contributed by atoms with Gasteiger partial charge in [0.05, 0.1) is 5.69 Å². The van der Waals surface area contributed by atoms with Crippen molar-refractivity contribution >= 4 is 23.5 Å². The van der Waals surface area contributed by atoms with Crippen molar-refractivity contribution in [2.75, 3.05) is 4.90 Å². The second-order valence-electron chi connectivity index (χ2n) is 5.12. The van der Waals surface area contributed by atoms with Gasteiger partial charge < -0.3 is 0 Å². The summed E-state index contributed by atoms with van der Waals surface area (Å²) in [7, 11) is 0. The van der Waals surface area contributed by atoms with Crippen molar-refractivity contribution in [2.45, 2.75) is 33.6 Å².